The molecule has 3 heterocycles. The van der Waals surface area contributed by atoms with Crippen molar-refractivity contribution in [3.63, 3.8) is 0 Å². The van der Waals surface area contributed by atoms with E-state index in [-0.39, 0.29) is 105 Å². The lowest BCUT2D eigenvalue weighted by molar-refractivity contribution is -0.150. The van der Waals surface area contributed by atoms with E-state index >= 15 is 0 Å². The van der Waals surface area contributed by atoms with Crippen LogP contribution in [0.4, 0.5) is 5.69 Å². The predicted molar refractivity (Wildman–Crippen MR) is 286 cm³/mol. The maximum atomic E-state index is 14.4. The van der Waals surface area contributed by atoms with Gasteiger partial charge >= 0.3 is 17.9 Å². The van der Waals surface area contributed by atoms with Gasteiger partial charge in [-0.3, -0.25) is 48.1 Å². The second-order valence-electron chi connectivity index (χ2n) is 19.9. The average molecular weight is 1090 g/mol. The Hall–Kier alpha value is -5.32. The van der Waals surface area contributed by atoms with Crippen molar-refractivity contribution >= 4 is 93.8 Å². The number of hydrogen-bond donors (Lipinski definition) is 4. The van der Waals surface area contributed by atoms with Crippen LogP contribution in [0.3, 0.4) is 0 Å². The average Bonchev–Trinajstić information content (AvgIpc) is 4.06. The summed E-state index contributed by atoms with van der Waals surface area (Å²) in [7, 11) is 6.65. The zero-order chi connectivity index (χ0) is 55.0. The quantitative estimate of drug-likeness (QED) is 0.0825. The lowest BCUT2D eigenvalue weighted by Gasteiger charge is -2.38. The molecule has 0 saturated carbocycles. The Bertz CT molecular complexity index is 2410. The molecule has 19 nitrogen and oxygen atoms in total. The second-order valence-corrected chi connectivity index (χ2v) is 23.1. The number of benzene rings is 1. The number of hydrogen-bond acceptors (Lipinski definition) is 17. The number of carbonyl (C=O) groups excluding carboxylic acids is 9. The molecule has 1 unspecified atom stereocenters. The molecular formula is C52H75N7O12S3. The van der Waals surface area contributed by atoms with Crippen molar-refractivity contribution in [2.24, 2.45) is 23.7 Å². The highest BCUT2D eigenvalue weighted by Gasteiger charge is 2.39. The molecule has 6 atom stereocenters. The summed E-state index contributed by atoms with van der Waals surface area (Å²) in [4.78, 5) is 128. The Labute approximate surface area is 447 Å². The van der Waals surface area contributed by atoms with Crippen LogP contribution in [0.1, 0.15) is 134 Å². The Kier molecular flexibility index (Phi) is 23.6. The fourth-order valence-electron chi connectivity index (χ4n) is 8.38. The van der Waals surface area contributed by atoms with E-state index in [4.69, 9.17) is 14.2 Å². The number of nitrogens with one attached hydrogen (secondary N) is 4. The third-order valence-corrected chi connectivity index (χ3v) is 17.0. The molecule has 408 valence electrons. The van der Waals surface area contributed by atoms with Crippen molar-refractivity contribution in [2.75, 3.05) is 51.7 Å². The van der Waals surface area contributed by atoms with Crippen molar-refractivity contribution in [3.05, 3.63) is 49.7 Å². The number of anilines is 1. The summed E-state index contributed by atoms with van der Waals surface area (Å²) in [6.45, 7) is 14.8. The number of carbonyl (C=O) groups is 9. The SMILES string of the molecule is CC[C@H](C)[C@H](CC(=O)C(C)(C)N(C)C)C(=O)N(C)[C@H](C[C@@H](OC(C)=O)c1nc(C(=O)N[C@@H](Cc2ccc3c(c2)NC(=O)CCCNC(=O)C2=C(SCS2)C(=O)NCCCC(=O)O3)CC(C)C(=O)OC)cs1)C(C)C. The van der Waals surface area contributed by atoms with Gasteiger partial charge in [-0.15, -0.1) is 34.9 Å². The number of thioether (sulfide) groups is 2. The van der Waals surface area contributed by atoms with Crippen molar-refractivity contribution in [2.45, 2.75) is 137 Å². The van der Waals surface area contributed by atoms with Gasteiger partial charge in [0.1, 0.15) is 10.7 Å². The van der Waals surface area contributed by atoms with Gasteiger partial charge in [0, 0.05) is 81.2 Å². The highest BCUT2D eigenvalue weighted by Crippen LogP contribution is 2.40. The topological polar surface area (TPSA) is 249 Å². The molecule has 0 radical (unpaired) electrons. The van der Waals surface area contributed by atoms with Crippen LogP contribution in [0, 0.1) is 23.7 Å². The monoisotopic (exact) mass is 1090 g/mol. The molecule has 22 heteroatoms. The standard InChI is InChI=1S/C52H75N7O12S3/c1-13-30(4)35(25-41(61)52(7,8)58(9)10)50(67)59(11)38(29(2)3)26-40(70-32(6)60)49-57-37(27-72-49)46(64)55-34(22-31(5)51(68)69-12)23-33-18-19-39-36(24-33)56-42(62)16-14-20-53-47(65)44-45(74-28-73-44)48(66)54-21-15-17-43(63)71-39/h18-19,24,27,29-31,34-35,38,40H,13-17,20-23,25-26,28H2,1-12H3,(H,53,65)(H,54,66)(H,55,64)(H,56,62)/t30-,31?,34+,35-,38+,40+/m0/s1. The number of ether oxygens (including phenoxy) is 3. The van der Waals surface area contributed by atoms with Crippen molar-refractivity contribution in [1.29, 1.82) is 0 Å². The second kappa shape index (κ2) is 28.5. The Morgan fingerprint density at radius 2 is 1.55 bits per heavy atom. The lowest BCUT2D eigenvalue weighted by Crippen LogP contribution is -2.50. The zero-order valence-corrected chi connectivity index (χ0v) is 47.3. The van der Waals surface area contributed by atoms with Crippen LogP contribution < -0.4 is 26.0 Å². The highest BCUT2D eigenvalue weighted by molar-refractivity contribution is 8.23. The van der Waals surface area contributed by atoms with Crippen molar-refractivity contribution < 1.29 is 57.4 Å². The van der Waals surface area contributed by atoms with Crippen LogP contribution in [0.15, 0.2) is 33.4 Å². The van der Waals surface area contributed by atoms with Crippen LogP contribution in [0.25, 0.3) is 0 Å². The number of rotatable bonds is 20. The van der Waals surface area contributed by atoms with Gasteiger partial charge in [0.25, 0.3) is 17.7 Å². The number of Topliss-reactive ketones (excluding diaryl/α,β-unsaturated/α-hetero) is 1. The molecule has 1 aromatic carbocycles. The number of methoxy groups -OCH3 is 1. The van der Waals surface area contributed by atoms with E-state index in [1.54, 1.807) is 36.4 Å². The van der Waals surface area contributed by atoms with Crippen LogP contribution >= 0.6 is 34.9 Å². The Balaban J connectivity index is 1.58. The minimum atomic E-state index is -0.934. The maximum absolute atomic E-state index is 14.4. The van der Waals surface area contributed by atoms with Crippen molar-refractivity contribution in [1.82, 2.24) is 30.7 Å². The molecule has 4 rings (SSSR count). The molecular weight excluding hydrogens is 1010 g/mol. The molecule has 2 aliphatic rings. The van der Waals surface area contributed by atoms with E-state index in [1.807, 2.05) is 60.5 Å². The summed E-state index contributed by atoms with van der Waals surface area (Å²) >= 11 is 3.65. The van der Waals surface area contributed by atoms with Crippen LogP contribution in [-0.2, 0) is 54.3 Å². The summed E-state index contributed by atoms with van der Waals surface area (Å²) in [5.41, 5.74) is 0.0304. The number of likely N-dealkylation sites (N-methyl/N-ethyl adjacent to an activating group) is 1. The predicted octanol–water partition coefficient (Wildman–Crippen LogP) is 6.42. The number of amides is 5. The molecule has 2 aliphatic heterocycles. The van der Waals surface area contributed by atoms with E-state index < -0.39 is 77.1 Å². The Morgan fingerprint density at radius 1 is 0.919 bits per heavy atom. The number of nitrogens with zero attached hydrogens (tertiary/aromatic N) is 3. The third kappa shape index (κ3) is 17.4. The van der Waals surface area contributed by atoms with E-state index in [0.29, 0.717) is 31.9 Å². The first-order valence-corrected chi connectivity index (χ1v) is 27.9. The van der Waals surface area contributed by atoms with E-state index in [9.17, 15) is 43.2 Å². The molecule has 0 fully saturated rings. The fraction of sp³-hybridized carbons (Fsp3) is 0.615. The zero-order valence-electron chi connectivity index (χ0n) is 44.8. The smallest absolute Gasteiger partial charge is 0.311 e. The first-order valence-electron chi connectivity index (χ1n) is 25.1. The summed E-state index contributed by atoms with van der Waals surface area (Å²) in [5, 5.41) is 13.8. The molecule has 0 saturated heterocycles. The number of fused-ring (bicyclic) bond motifs is 1. The third-order valence-electron chi connectivity index (χ3n) is 13.6. The number of thiazole rings is 1. The van der Waals surface area contributed by atoms with Gasteiger partial charge in [-0.2, -0.15) is 0 Å². The number of ketones is 1. The van der Waals surface area contributed by atoms with Crippen LogP contribution in [0.5, 0.6) is 5.75 Å². The largest absolute Gasteiger partial charge is 0.469 e. The van der Waals surface area contributed by atoms with Crippen LogP contribution in [0.2, 0.25) is 0 Å². The molecule has 1 aromatic heterocycles. The number of esters is 3. The maximum Gasteiger partial charge on any atom is 0.311 e. The minimum Gasteiger partial charge on any atom is -0.469 e. The van der Waals surface area contributed by atoms with Gasteiger partial charge in [0.2, 0.25) is 11.8 Å². The van der Waals surface area contributed by atoms with Gasteiger partial charge in [-0.25, -0.2) is 4.98 Å². The fourth-order valence-corrected chi connectivity index (χ4v) is 11.6. The first-order chi connectivity index (χ1) is 34.9. The Morgan fingerprint density at radius 3 is 2.14 bits per heavy atom. The minimum absolute atomic E-state index is 0.000817. The van der Waals surface area contributed by atoms with E-state index in [2.05, 4.69) is 26.3 Å². The summed E-state index contributed by atoms with van der Waals surface area (Å²) < 4.78 is 16.6. The first kappa shape index (κ1) is 61.2. The molecule has 0 aliphatic carbocycles. The van der Waals surface area contributed by atoms with Gasteiger partial charge in [-0.1, -0.05) is 47.1 Å². The van der Waals surface area contributed by atoms with Crippen LogP contribution in [-0.4, -0.2) is 132 Å². The molecule has 0 bridgehead atoms. The molecule has 5 amide bonds. The summed E-state index contributed by atoms with van der Waals surface area (Å²) in [5.74, 6) is -5.08. The highest BCUT2D eigenvalue weighted by atomic mass is 32.2. The molecule has 0 spiro atoms. The van der Waals surface area contributed by atoms with E-state index in [1.165, 1.54) is 43.6 Å². The summed E-state index contributed by atoms with van der Waals surface area (Å²) in [6, 6.07) is 3.67. The lowest BCUT2D eigenvalue weighted by atomic mass is 9.81. The summed E-state index contributed by atoms with van der Waals surface area (Å²) in [6.07, 6.45) is 0.710. The molecule has 4 N–H and O–H groups in total. The van der Waals surface area contributed by atoms with E-state index in [0.717, 1.165) is 11.3 Å². The van der Waals surface area contributed by atoms with Gasteiger partial charge in [0.05, 0.1) is 34.1 Å². The van der Waals surface area contributed by atoms with Gasteiger partial charge in [-0.05, 0) is 83.2 Å². The van der Waals surface area contributed by atoms with Gasteiger partial charge < -0.3 is 40.4 Å². The van der Waals surface area contributed by atoms with Crippen molar-refractivity contribution in [3.8, 4) is 5.75 Å². The van der Waals surface area contributed by atoms with Gasteiger partial charge in [0.15, 0.2) is 17.6 Å². The normalized spacial score (nSPS) is 17.6. The number of aromatic nitrogens is 1. The molecule has 74 heavy (non-hydrogen) atoms. The molecule has 2 aromatic rings.